The first-order valence-electron chi connectivity index (χ1n) is 11.2. The normalized spacial score (nSPS) is 19.8. The number of para-hydroxylation sites is 2. The molecule has 2 aromatic rings. The van der Waals surface area contributed by atoms with Crippen LogP contribution in [0.4, 0.5) is 11.4 Å². The third kappa shape index (κ3) is 5.42. The van der Waals surface area contributed by atoms with Gasteiger partial charge in [-0.25, -0.2) is 0 Å². The first-order valence-corrected chi connectivity index (χ1v) is 11.2. The van der Waals surface area contributed by atoms with Gasteiger partial charge in [0.15, 0.2) is 0 Å². The lowest BCUT2D eigenvalue weighted by Crippen LogP contribution is -2.46. The summed E-state index contributed by atoms with van der Waals surface area (Å²) in [6.45, 7) is 4.26. The zero-order valence-corrected chi connectivity index (χ0v) is 17.9. The first-order chi connectivity index (χ1) is 15.2. The number of hydrogen-bond donors (Lipinski definition) is 2. The zero-order valence-electron chi connectivity index (χ0n) is 17.9. The Kier molecular flexibility index (Phi) is 6.82. The van der Waals surface area contributed by atoms with Crippen molar-refractivity contribution in [2.24, 2.45) is 16.8 Å². The standard InChI is InChI=1S/C26H31N3O2/c1-2-3-13-24(30)22(16-19-14-15-19)26(31)28-25-18-29(21-10-5-4-6-11-21)23-12-8-7-9-20(23)17-27-25/h2,4-12,17,19,22,24-25,30H,1,3,13-16,18H2,(H,28,31)/t22?,24?,25-/m1/s1. The van der Waals surface area contributed by atoms with Crippen LogP contribution in [-0.2, 0) is 4.79 Å². The van der Waals surface area contributed by atoms with Crippen LogP contribution in [0.25, 0.3) is 0 Å². The molecule has 4 rings (SSSR count). The molecule has 162 valence electrons. The van der Waals surface area contributed by atoms with Gasteiger partial charge in [0.2, 0.25) is 5.91 Å². The minimum absolute atomic E-state index is 0.107. The fraction of sp³-hybridized carbons (Fsp3) is 0.385. The van der Waals surface area contributed by atoms with Crippen molar-refractivity contribution in [3.8, 4) is 0 Å². The predicted molar refractivity (Wildman–Crippen MR) is 126 cm³/mol. The number of anilines is 2. The van der Waals surface area contributed by atoms with Crippen LogP contribution < -0.4 is 10.2 Å². The van der Waals surface area contributed by atoms with E-state index in [1.165, 1.54) is 0 Å². The lowest BCUT2D eigenvalue weighted by Gasteiger charge is -2.29. The van der Waals surface area contributed by atoms with E-state index in [-0.39, 0.29) is 5.91 Å². The molecule has 1 aliphatic heterocycles. The molecule has 3 atom stereocenters. The Hall–Kier alpha value is -2.92. The molecule has 2 aliphatic rings. The first kappa shape index (κ1) is 21.3. The average molecular weight is 418 g/mol. The summed E-state index contributed by atoms with van der Waals surface area (Å²) >= 11 is 0. The highest BCUT2D eigenvalue weighted by molar-refractivity contribution is 5.91. The SMILES string of the molecule is C=CCCC(O)C(CC1CC1)C(=O)N[C@@H]1CN(c2ccccc2)c2ccccc2C=N1. The van der Waals surface area contributed by atoms with Crippen LogP contribution in [0.2, 0.25) is 0 Å². The lowest BCUT2D eigenvalue weighted by molar-refractivity contribution is -0.129. The number of benzene rings is 2. The minimum Gasteiger partial charge on any atom is -0.392 e. The third-order valence-electron chi connectivity index (χ3n) is 6.11. The number of rotatable bonds is 9. The highest BCUT2D eigenvalue weighted by atomic mass is 16.3. The van der Waals surface area contributed by atoms with Crippen molar-refractivity contribution in [2.75, 3.05) is 11.4 Å². The smallest absolute Gasteiger partial charge is 0.227 e. The highest BCUT2D eigenvalue weighted by Crippen LogP contribution is 2.37. The molecule has 0 spiro atoms. The lowest BCUT2D eigenvalue weighted by atomic mass is 9.92. The van der Waals surface area contributed by atoms with E-state index in [0.29, 0.717) is 25.3 Å². The summed E-state index contributed by atoms with van der Waals surface area (Å²) < 4.78 is 0. The third-order valence-corrected chi connectivity index (χ3v) is 6.11. The number of allylic oxidation sites excluding steroid dienone is 1. The maximum atomic E-state index is 13.2. The molecule has 1 amide bonds. The Labute approximate surface area is 184 Å². The van der Waals surface area contributed by atoms with Gasteiger partial charge in [0, 0.05) is 17.5 Å². The van der Waals surface area contributed by atoms with Crippen LogP contribution in [-0.4, -0.2) is 36.0 Å². The van der Waals surface area contributed by atoms with Crippen molar-refractivity contribution >= 4 is 23.5 Å². The number of hydrogen-bond acceptors (Lipinski definition) is 4. The molecule has 5 nitrogen and oxygen atoms in total. The van der Waals surface area contributed by atoms with E-state index < -0.39 is 18.2 Å². The Morgan fingerprint density at radius 1 is 1.19 bits per heavy atom. The summed E-state index contributed by atoms with van der Waals surface area (Å²) in [5.41, 5.74) is 3.14. The number of carbonyl (C=O) groups excluding carboxylic acids is 1. The molecule has 0 aromatic heterocycles. The molecule has 5 heteroatoms. The molecule has 2 unspecified atom stereocenters. The molecule has 1 fully saturated rings. The summed E-state index contributed by atoms with van der Waals surface area (Å²) in [5, 5.41) is 13.8. The van der Waals surface area contributed by atoms with Gasteiger partial charge in [-0.2, -0.15) is 0 Å². The van der Waals surface area contributed by atoms with Crippen molar-refractivity contribution in [1.82, 2.24) is 5.32 Å². The molecule has 0 bridgehead atoms. The number of aliphatic hydroxyl groups excluding tert-OH is 1. The van der Waals surface area contributed by atoms with E-state index in [4.69, 9.17) is 0 Å². The summed E-state index contributed by atoms with van der Waals surface area (Å²) in [5.74, 6) is 0.0415. The maximum Gasteiger partial charge on any atom is 0.227 e. The molecule has 31 heavy (non-hydrogen) atoms. The molecule has 0 saturated heterocycles. The van der Waals surface area contributed by atoms with Gasteiger partial charge < -0.3 is 15.3 Å². The van der Waals surface area contributed by atoms with Crippen LogP contribution in [0.3, 0.4) is 0 Å². The number of carbonyl (C=O) groups is 1. The minimum atomic E-state index is -0.657. The second kappa shape index (κ2) is 9.92. The topological polar surface area (TPSA) is 64.9 Å². The number of aliphatic imine (C=N–C) groups is 1. The number of aliphatic hydroxyl groups is 1. The largest absolute Gasteiger partial charge is 0.392 e. The van der Waals surface area contributed by atoms with Crippen LogP contribution in [0, 0.1) is 11.8 Å². The molecule has 1 aliphatic carbocycles. The fourth-order valence-corrected chi connectivity index (χ4v) is 4.18. The molecule has 2 aromatic carbocycles. The molecule has 0 radical (unpaired) electrons. The van der Waals surface area contributed by atoms with E-state index in [2.05, 4.69) is 40.0 Å². The number of benzodiazepines with no additional fused rings is 1. The summed E-state index contributed by atoms with van der Waals surface area (Å²) in [4.78, 5) is 20.1. The van der Waals surface area contributed by atoms with Crippen LogP contribution >= 0.6 is 0 Å². The van der Waals surface area contributed by atoms with E-state index in [1.807, 2.05) is 42.6 Å². The summed E-state index contributed by atoms with van der Waals surface area (Å²) in [6.07, 6.45) is 6.88. The average Bonchev–Trinajstić information content (AvgIpc) is 3.63. The van der Waals surface area contributed by atoms with Crippen molar-refractivity contribution in [2.45, 2.75) is 44.4 Å². The molecule has 2 N–H and O–H groups in total. The quantitative estimate of drug-likeness (QED) is 0.593. The van der Waals surface area contributed by atoms with E-state index in [1.54, 1.807) is 6.08 Å². The van der Waals surface area contributed by atoms with Crippen molar-refractivity contribution in [3.05, 3.63) is 72.8 Å². The number of nitrogens with one attached hydrogen (secondary N) is 1. The fourth-order valence-electron chi connectivity index (χ4n) is 4.18. The predicted octanol–water partition coefficient (Wildman–Crippen LogP) is 4.44. The Morgan fingerprint density at radius 2 is 1.94 bits per heavy atom. The molecule has 1 heterocycles. The number of fused-ring (bicyclic) bond motifs is 1. The second-order valence-electron chi connectivity index (χ2n) is 8.53. The second-order valence-corrected chi connectivity index (χ2v) is 8.53. The zero-order chi connectivity index (χ0) is 21.6. The maximum absolute atomic E-state index is 13.2. The van der Waals surface area contributed by atoms with Gasteiger partial charge in [0.1, 0.15) is 6.17 Å². The Morgan fingerprint density at radius 3 is 2.68 bits per heavy atom. The summed E-state index contributed by atoms with van der Waals surface area (Å²) in [6, 6.07) is 18.3. The van der Waals surface area contributed by atoms with Gasteiger partial charge in [0.25, 0.3) is 0 Å². The van der Waals surface area contributed by atoms with Crippen LogP contribution in [0.15, 0.2) is 72.2 Å². The van der Waals surface area contributed by atoms with Gasteiger partial charge in [-0.3, -0.25) is 9.79 Å². The van der Waals surface area contributed by atoms with Gasteiger partial charge >= 0.3 is 0 Å². The highest BCUT2D eigenvalue weighted by Gasteiger charge is 2.34. The number of nitrogens with zero attached hydrogens (tertiary/aromatic N) is 2. The van der Waals surface area contributed by atoms with E-state index in [9.17, 15) is 9.90 Å². The Bertz CT molecular complexity index is 923. The van der Waals surface area contributed by atoms with E-state index in [0.717, 1.165) is 36.2 Å². The van der Waals surface area contributed by atoms with Gasteiger partial charge in [-0.05, 0) is 43.4 Å². The molecular weight excluding hydrogens is 386 g/mol. The van der Waals surface area contributed by atoms with Crippen molar-refractivity contribution in [1.29, 1.82) is 0 Å². The van der Waals surface area contributed by atoms with Crippen LogP contribution in [0.5, 0.6) is 0 Å². The van der Waals surface area contributed by atoms with Crippen molar-refractivity contribution < 1.29 is 9.90 Å². The van der Waals surface area contributed by atoms with Gasteiger partial charge in [-0.1, -0.05) is 55.3 Å². The van der Waals surface area contributed by atoms with Crippen LogP contribution in [0.1, 0.15) is 37.7 Å². The Balaban J connectivity index is 1.53. The summed E-state index contributed by atoms with van der Waals surface area (Å²) in [7, 11) is 0. The van der Waals surface area contributed by atoms with Gasteiger partial charge in [0.05, 0.1) is 24.3 Å². The number of amides is 1. The van der Waals surface area contributed by atoms with E-state index >= 15 is 0 Å². The monoisotopic (exact) mass is 417 g/mol. The molecular formula is C26H31N3O2. The molecule has 1 saturated carbocycles. The van der Waals surface area contributed by atoms with Gasteiger partial charge in [-0.15, -0.1) is 6.58 Å². The van der Waals surface area contributed by atoms with Crippen molar-refractivity contribution in [3.63, 3.8) is 0 Å².